The van der Waals surface area contributed by atoms with E-state index in [0.29, 0.717) is 0 Å². The average molecular weight is 188 g/mol. The molecule has 0 saturated heterocycles. The summed E-state index contributed by atoms with van der Waals surface area (Å²) >= 11 is 1.65. The Morgan fingerprint density at radius 1 is 1.42 bits per heavy atom. The first-order chi connectivity index (χ1) is 5.48. The maximum atomic E-state index is 3.96. The topological polar surface area (TPSA) is 24.1 Å². The van der Waals surface area contributed by atoms with Crippen LogP contribution in [0.1, 0.15) is 27.7 Å². The van der Waals surface area contributed by atoms with Gasteiger partial charge in [-0.15, -0.1) is 0 Å². The highest BCUT2D eigenvalue weighted by Gasteiger charge is 2.13. The smallest absolute Gasteiger partial charge is 0.0619 e. The van der Waals surface area contributed by atoms with Crippen LogP contribution in [0.5, 0.6) is 0 Å². The zero-order valence-corrected chi connectivity index (χ0v) is 9.35. The van der Waals surface area contributed by atoms with Crippen molar-refractivity contribution in [3.05, 3.63) is 12.3 Å². The van der Waals surface area contributed by atoms with E-state index < -0.39 is 0 Å². The zero-order valence-electron chi connectivity index (χ0n) is 8.53. The molecule has 0 aliphatic rings. The fourth-order valence-electron chi connectivity index (χ4n) is 0.429. The predicted molar refractivity (Wildman–Crippen MR) is 57.9 cm³/mol. The first-order valence-electron chi connectivity index (χ1n) is 4.26. The first-order valence-corrected chi connectivity index (χ1v) is 5.25. The van der Waals surface area contributed by atoms with Gasteiger partial charge in [-0.25, -0.2) is 0 Å². The lowest BCUT2D eigenvalue weighted by atomic mass is 9.94. The van der Waals surface area contributed by atoms with Crippen molar-refractivity contribution in [2.75, 3.05) is 12.4 Å². The molecule has 0 aromatic heterocycles. The molecule has 0 rings (SSSR count). The van der Waals surface area contributed by atoms with E-state index in [1.165, 1.54) is 0 Å². The number of nitrogens with one attached hydrogen (secondary N) is 2. The van der Waals surface area contributed by atoms with Gasteiger partial charge in [0.1, 0.15) is 0 Å². The van der Waals surface area contributed by atoms with Gasteiger partial charge >= 0.3 is 0 Å². The van der Waals surface area contributed by atoms with E-state index in [1.54, 1.807) is 11.9 Å². The van der Waals surface area contributed by atoms with Crippen LogP contribution in [0.3, 0.4) is 0 Å². The molecule has 0 fully saturated rings. The highest BCUT2D eigenvalue weighted by molar-refractivity contribution is 7.97. The molecule has 0 saturated carbocycles. The summed E-state index contributed by atoms with van der Waals surface area (Å²) in [6.07, 6.45) is 0. The molecule has 0 aliphatic carbocycles. The Morgan fingerprint density at radius 2 is 2.00 bits per heavy atom. The van der Waals surface area contributed by atoms with Crippen LogP contribution >= 0.6 is 11.9 Å². The van der Waals surface area contributed by atoms with Crippen LogP contribution in [0.25, 0.3) is 0 Å². The Hall–Kier alpha value is -0.150. The fraction of sp³-hybridized carbons (Fsp3) is 0.778. The third-order valence-corrected chi connectivity index (χ3v) is 2.26. The van der Waals surface area contributed by atoms with Gasteiger partial charge in [0.05, 0.1) is 5.88 Å². The number of hydrogen-bond donors (Lipinski definition) is 2. The summed E-state index contributed by atoms with van der Waals surface area (Å²) in [5.41, 5.74) is 1.23. The van der Waals surface area contributed by atoms with Gasteiger partial charge in [0.25, 0.3) is 0 Å². The van der Waals surface area contributed by atoms with Gasteiger partial charge in [0.2, 0.25) is 0 Å². The average Bonchev–Trinajstić information content (AvgIpc) is 1.96. The Kier molecular flexibility index (Phi) is 5.42. The zero-order chi connectivity index (χ0) is 9.61. The molecule has 3 heteroatoms. The lowest BCUT2D eigenvalue weighted by molar-refractivity contribution is 0.491. The standard InChI is InChI=1S/C9H20N2S/c1-6-10-7-12-11-8(2)9(3,4)5/h10-11H,2,6-7H2,1,3-5H3. The van der Waals surface area contributed by atoms with Crippen LogP contribution in [-0.2, 0) is 0 Å². The van der Waals surface area contributed by atoms with Crippen molar-refractivity contribution < 1.29 is 0 Å². The summed E-state index contributed by atoms with van der Waals surface area (Å²) in [6.45, 7) is 13.5. The number of rotatable bonds is 5. The first kappa shape index (κ1) is 11.8. The minimum atomic E-state index is 0.152. The van der Waals surface area contributed by atoms with Crippen molar-refractivity contribution in [2.24, 2.45) is 5.41 Å². The van der Waals surface area contributed by atoms with E-state index in [4.69, 9.17) is 0 Å². The van der Waals surface area contributed by atoms with Crippen molar-refractivity contribution in [3.63, 3.8) is 0 Å². The molecule has 12 heavy (non-hydrogen) atoms. The summed E-state index contributed by atoms with van der Waals surface area (Å²) in [6, 6.07) is 0. The van der Waals surface area contributed by atoms with Crippen molar-refractivity contribution >= 4 is 11.9 Å². The molecule has 0 spiro atoms. The van der Waals surface area contributed by atoms with Crippen LogP contribution in [0.15, 0.2) is 12.3 Å². The second kappa shape index (κ2) is 5.49. The van der Waals surface area contributed by atoms with Crippen molar-refractivity contribution in [1.29, 1.82) is 0 Å². The molecule has 72 valence electrons. The maximum absolute atomic E-state index is 3.96. The maximum Gasteiger partial charge on any atom is 0.0619 e. The highest BCUT2D eigenvalue weighted by Crippen LogP contribution is 2.22. The molecular formula is C9H20N2S. The molecule has 0 atom stereocenters. The molecule has 2 N–H and O–H groups in total. The van der Waals surface area contributed by atoms with E-state index >= 15 is 0 Å². The van der Waals surface area contributed by atoms with Crippen LogP contribution in [0.2, 0.25) is 0 Å². The second-order valence-corrected chi connectivity index (χ2v) is 4.50. The number of hydrogen-bond acceptors (Lipinski definition) is 3. The Bertz CT molecular complexity index is 138. The summed E-state index contributed by atoms with van der Waals surface area (Å²) in [4.78, 5) is 0. The van der Waals surface area contributed by atoms with Crippen molar-refractivity contribution in [2.45, 2.75) is 27.7 Å². The summed E-state index contributed by atoms with van der Waals surface area (Å²) in [7, 11) is 0. The lowest BCUT2D eigenvalue weighted by Gasteiger charge is -2.22. The van der Waals surface area contributed by atoms with Crippen LogP contribution in [0, 0.1) is 5.41 Å². The van der Waals surface area contributed by atoms with Gasteiger partial charge in [-0.3, -0.25) is 0 Å². The fourth-order valence-corrected chi connectivity index (χ4v) is 1.29. The lowest BCUT2D eigenvalue weighted by Crippen LogP contribution is -2.21. The van der Waals surface area contributed by atoms with E-state index in [-0.39, 0.29) is 5.41 Å². The third-order valence-electron chi connectivity index (χ3n) is 1.52. The highest BCUT2D eigenvalue weighted by atomic mass is 32.2. The summed E-state index contributed by atoms with van der Waals surface area (Å²) < 4.78 is 3.22. The SMILES string of the molecule is C=C(NSCNCC)C(C)(C)C. The molecule has 0 unspecified atom stereocenters. The molecule has 0 bridgehead atoms. The largest absolute Gasteiger partial charge is 0.333 e. The molecular weight excluding hydrogens is 168 g/mol. The van der Waals surface area contributed by atoms with E-state index in [1.807, 2.05) is 0 Å². The van der Waals surface area contributed by atoms with Crippen LogP contribution < -0.4 is 10.0 Å². The van der Waals surface area contributed by atoms with E-state index in [9.17, 15) is 0 Å². The molecule has 0 amide bonds. The second-order valence-electron chi connectivity index (χ2n) is 3.72. The van der Waals surface area contributed by atoms with Gasteiger partial charge in [0, 0.05) is 11.1 Å². The van der Waals surface area contributed by atoms with Gasteiger partial charge in [-0.05, 0) is 18.5 Å². The molecule has 0 aromatic rings. The number of allylic oxidation sites excluding steroid dienone is 1. The Morgan fingerprint density at radius 3 is 2.42 bits per heavy atom. The minimum Gasteiger partial charge on any atom is -0.333 e. The summed E-state index contributed by atoms with van der Waals surface area (Å²) in [5, 5.41) is 3.21. The third kappa shape index (κ3) is 5.49. The molecule has 0 heterocycles. The van der Waals surface area contributed by atoms with Crippen molar-refractivity contribution in [1.82, 2.24) is 10.0 Å². The quantitative estimate of drug-likeness (QED) is 0.393. The van der Waals surface area contributed by atoms with Gasteiger partial charge in [0.15, 0.2) is 0 Å². The van der Waals surface area contributed by atoms with Gasteiger partial charge in [-0.1, -0.05) is 34.3 Å². The van der Waals surface area contributed by atoms with Gasteiger partial charge < -0.3 is 10.0 Å². The van der Waals surface area contributed by atoms with E-state index in [0.717, 1.165) is 18.1 Å². The molecule has 2 nitrogen and oxygen atoms in total. The minimum absolute atomic E-state index is 0.152. The normalized spacial score (nSPS) is 11.3. The van der Waals surface area contributed by atoms with E-state index in [2.05, 4.69) is 44.3 Å². The molecule has 0 aliphatic heterocycles. The Labute approximate surface area is 80.3 Å². The van der Waals surface area contributed by atoms with Crippen LogP contribution in [0.4, 0.5) is 0 Å². The molecule has 0 radical (unpaired) electrons. The summed E-state index contributed by atoms with van der Waals surface area (Å²) in [5.74, 6) is 0.922. The predicted octanol–water partition coefficient (Wildman–Crippen LogP) is 2.35. The monoisotopic (exact) mass is 188 g/mol. The van der Waals surface area contributed by atoms with Crippen LogP contribution in [-0.4, -0.2) is 12.4 Å². The van der Waals surface area contributed by atoms with Crippen molar-refractivity contribution in [3.8, 4) is 0 Å². The Balaban J connectivity index is 3.45. The molecule has 0 aromatic carbocycles. The van der Waals surface area contributed by atoms with Gasteiger partial charge in [-0.2, -0.15) is 0 Å².